The van der Waals surface area contributed by atoms with Crippen LogP contribution in [-0.2, 0) is 13.0 Å². The van der Waals surface area contributed by atoms with Crippen molar-refractivity contribution < 1.29 is 0 Å². The van der Waals surface area contributed by atoms with Gasteiger partial charge in [0.1, 0.15) is 5.82 Å². The Labute approximate surface area is 118 Å². The molecule has 0 fully saturated rings. The highest BCUT2D eigenvalue weighted by atomic mass is 15.1. The van der Waals surface area contributed by atoms with E-state index in [1.807, 2.05) is 6.07 Å². The van der Waals surface area contributed by atoms with Crippen LogP contribution in [0.3, 0.4) is 0 Å². The van der Waals surface area contributed by atoms with Gasteiger partial charge in [0.25, 0.3) is 0 Å². The molecule has 20 heavy (non-hydrogen) atoms. The molecule has 0 saturated carbocycles. The summed E-state index contributed by atoms with van der Waals surface area (Å²) in [4.78, 5) is 8.71. The van der Waals surface area contributed by atoms with E-state index in [4.69, 9.17) is 5.73 Å². The van der Waals surface area contributed by atoms with Crippen LogP contribution in [0.2, 0.25) is 0 Å². The molecule has 1 aromatic heterocycles. The van der Waals surface area contributed by atoms with Gasteiger partial charge in [-0.3, -0.25) is 0 Å². The van der Waals surface area contributed by atoms with Crippen LogP contribution in [-0.4, -0.2) is 16.5 Å². The highest BCUT2D eigenvalue weighted by molar-refractivity contribution is 5.65. The van der Waals surface area contributed by atoms with Crippen molar-refractivity contribution in [3.63, 3.8) is 0 Å². The molecule has 0 radical (unpaired) electrons. The number of rotatable bonds is 2. The molecular weight excluding hydrogens is 250 g/mol. The molecular formula is C15H19N5. The molecule has 0 amide bonds. The van der Waals surface area contributed by atoms with Crippen LogP contribution in [0.5, 0.6) is 0 Å². The Kier molecular flexibility index (Phi) is 3.28. The van der Waals surface area contributed by atoms with Gasteiger partial charge in [0.05, 0.1) is 5.69 Å². The number of fused-ring (bicyclic) bond motifs is 1. The van der Waals surface area contributed by atoms with Crippen LogP contribution in [0.25, 0.3) is 0 Å². The van der Waals surface area contributed by atoms with Gasteiger partial charge in [-0.15, -0.1) is 0 Å². The van der Waals surface area contributed by atoms with Gasteiger partial charge in [0, 0.05) is 30.8 Å². The van der Waals surface area contributed by atoms with E-state index in [9.17, 15) is 0 Å². The number of nitrogens with two attached hydrogens (primary N) is 1. The third-order valence-electron chi connectivity index (χ3n) is 3.81. The summed E-state index contributed by atoms with van der Waals surface area (Å²) in [7, 11) is 0. The van der Waals surface area contributed by atoms with Crippen molar-refractivity contribution in [1.29, 1.82) is 0 Å². The smallest absolute Gasteiger partial charge is 0.222 e. The monoisotopic (exact) mass is 269 g/mol. The lowest BCUT2D eigenvalue weighted by Crippen LogP contribution is -2.26. The zero-order valence-electron chi connectivity index (χ0n) is 11.8. The van der Waals surface area contributed by atoms with E-state index < -0.39 is 0 Å². The molecule has 0 unspecified atom stereocenters. The number of aromatic nitrogens is 2. The van der Waals surface area contributed by atoms with Crippen molar-refractivity contribution in [1.82, 2.24) is 15.3 Å². The van der Waals surface area contributed by atoms with Crippen LogP contribution in [0, 0.1) is 13.8 Å². The summed E-state index contributed by atoms with van der Waals surface area (Å²) in [5, 5.41) is 6.76. The predicted octanol–water partition coefficient (Wildman–Crippen LogP) is 2.06. The van der Waals surface area contributed by atoms with Crippen molar-refractivity contribution in [2.24, 2.45) is 0 Å². The normalized spacial score (nSPS) is 13.9. The van der Waals surface area contributed by atoms with Crippen LogP contribution < -0.4 is 16.4 Å². The molecule has 5 nitrogen and oxygen atoms in total. The zero-order chi connectivity index (χ0) is 14.1. The molecule has 5 heteroatoms. The maximum absolute atomic E-state index is 5.82. The maximum Gasteiger partial charge on any atom is 0.222 e. The third kappa shape index (κ3) is 2.32. The van der Waals surface area contributed by atoms with E-state index in [1.54, 1.807) is 0 Å². The van der Waals surface area contributed by atoms with E-state index >= 15 is 0 Å². The molecule has 0 saturated heterocycles. The highest BCUT2D eigenvalue weighted by Crippen LogP contribution is 2.27. The van der Waals surface area contributed by atoms with Gasteiger partial charge in [0.15, 0.2) is 0 Å². The molecule has 1 aromatic carbocycles. The largest absolute Gasteiger partial charge is 0.368 e. The second-order valence-electron chi connectivity index (χ2n) is 5.15. The summed E-state index contributed by atoms with van der Waals surface area (Å²) in [5.41, 5.74) is 11.5. The quantitative estimate of drug-likeness (QED) is 0.778. The van der Waals surface area contributed by atoms with E-state index in [2.05, 4.69) is 46.6 Å². The van der Waals surface area contributed by atoms with E-state index in [0.717, 1.165) is 42.3 Å². The number of nitrogens with one attached hydrogen (secondary N) is 2. The first-order valence-electron chi connectivity index (χ1n) is 6.84. The van der Waals surface area contributed by atoms with Crippen molar-refractivity contribution >= 4 is 17.5 Å². The number of hydrogen-bond acceptors (Lipinski definition) is 5. The number of nitrogens with zero attached hydrogens (tertiary/aromatic N) is 2. The molecule has 0 bridgehead atoms. The summed E-state index contributed by atoms with van der Waals surface area (Å²) < 4.78 is 0. The Bertz CT molecular complexity index is 651. The fourth-order valence-electron chi connectivity index (χ4n) is 2.48. The molecule has 3 rings (SSSR count). The highest BCUT2D eigenvalue weighted by Gasteiger charge is 2.17. The van der Waals surface area contributed by atoms with Crippen LogP contribution in [0.1, 0.15) is 22.4 Å². The fraction of sp³-hybridized carbons (Fsp3) is 0.333. The van der Waals surface area contributed by atoms with Crippen molar-refractivity contribution in [3.8, 4) is 0 Å². The Morgan fingerprint density at radius 2 is 2.10 bits per heavy atom. The first-order valence-corrected chi connectivity index (χ1v) is 6.84. The lowest BCUT2D eigenvalue weighted by molar-refractivity contribution is 0.629. The summed E-state index contributed by atoms with van der Waals surface area (Å²) in [6.45, 7) is 5.92. The summed E-state index contributed by atoms with van der Waals surface area (Å²) in [5.74, 6) is 1.15. The average molecular weight is 269 g/mol. The van der Waals surface area contributed by atoms with Crippen molar-refractivity contribution in [2.75, 3.05) is 17.6 Å². The Balaban J connectivity index is 2.02. The summed E-state index contributed by atoms with van der Waals surface area (Å²) >= 11 is 0. The van der Waals surface area contributed by atoms with Crippen molar-refractivity contribution in [2.45, 2.75) is 26.8 Å². The molecule has 0 atom stereocenters. The molecule has 1 aliphatic rings. The fourth-order valence-corrected chi connectivity index (χ4v) is 2.48. The minimum absolute atomic E-state index is 0.332. The van der Waals surface area contributed by atoms with Crippen molar-refractivity contribution in [3.05, 3.63) is 40.6 Å². The lowest BCUT2D eigenvalue weighted by atomic mass is 10.1. The molecule has 104 valence electrons. The van der Waals surface area contributed by atoms with Gasteiger partial charge in [-0.25, -0.2) is 4.98 Å². The van der Waals surface area contributed by atoms with Crippen LogP contribution >= 0.6 is 0 Å². The van der Waals surface area contributed by atoms with Gasteiger partial charge in [-0.2, -0.15) is 4.98 Å². The van der Waals surface area contributed by atoms with E-state index in [1.165, 1.54) is 11.1 Å². The van der Waals surface area contributed by atoms with Crippen LogP contribution in [0.4, 0.5) is 17.5 Å². The number of nitrogen functional groups attached to an aromatic ring is 1. The number of aryl methyl sites for hydroxylation is 1. The third-order valence-corrected chi connectivity index (χ3v) is 3.81. The standard InChI is InChI=1S/C15H19N5/c1-9-4-3-5-12(10(9)2)18-14-11-8-17-7-6-13(11)19-15(16)20-14/h3-5,17H,6-8H2,1-2H3,(H3,16,18,19,20). The molecule has 4 N–H and O–H groups in total. The van der Waals surface area contributed by atoms with E-state index in [0.29, 0.717) is 5.95 Å². The molecule has 0 spiro atoms. The number of hydrogen-bond donors (Lipinski definition) is 3. The molecule has 2 aromatic rings. The topological polar surface area (TPSA) is 75.9 Å². The summed E-state index contributed by atoms with van der Waals surface area (Å²) in [6.07, 6.45) is 0.892. The average Bonchev–Trinajstić information content (AvgIpc) is 2.43. The van der Waals surface area contributed by atoms with Gasteiger partial charge >= 0.3 is 0 Å². The second kappa shape index (κ2) is 5.09. The van der Waals surface area contributed by atoms with Gasteiger partial charge in [-0.05, 0) is 31.0 Å². The number of benzene rings is 1. The molecule has 2 heterocycles. The minimum atomic E-state index is 0.332. The van der Waals surface area contributed by atoms with Gasteiger partial charge in [-0.1, -0.05) is 12.1 Å². The second-order valence-corrected chi connectivity index (χ2v) is 5.15. The minimum Gasteiger partial charge on any atom is -0.368 e. The summed E-state index contributed by atoms with van der Waals surface area (Å²) in [6, 6.07) is 6.20. The van der Waals surface area contributed by atoms with Gasteiger partial charge in [0.2, 0.25) is 5.95 Å². The molecule has 1 aliphatic heterocycles. The first kappa shape index (κ1) is 12.9. The lowest BCUT2D eigenvalue weighted by Gasteiger charge is -2.20. The SMILES string of the molecule is Cc1cccc(Nc2nc(N)nc3c2CNCC3)c1C. The van der Waals surface area contributed by atoms with Gasteiger partial charge < -0.3 is 16.4 Å². The van der Waals surface area contributed by atoms with E-state index in [-0.39, 0.29) is 0 Å². The molecule has 0 aliphatic carbocycles. The van der Waals surface area contributed by atoms with Crippen LogP contribution in [0.15, 0.2) is 18.2 Å². The zero-order valence-corrected chi connectivity index (χ0v) is 11.8. The first-order chi connectivity index (χ1) is 9.65. The Hall–Kier alpha value is -2.14. The maximum atomic E-state index is 5.82. The number of anilines is 3. The Morgan fingerprint density at radius 3 is 2.95 bits per heavy atom. The predicted molar refractivity (Wildman–Crippen MR) is 81.1 cm³/mol. The Morgan fingerprint density at radius 1 is 1.25 bits per heavy atom.